The van der Waals surface area contributed by atoms with Gasteiger partial charge in [-0.2, -0.15) is 0 Å². The van der Waals surface area contributed by atoms with Crippen LogP contribution in [0.15, 0.2) is 133 Å². The molecule has 3 nitrogen and oxygen atoms in total. The molecule has 0 saturated heterocycles. The minimum atomic E-state index is 0.0816. The Labute approximate surface area is 284 Å². The molecular formula is C45H31BN2O. The van der Waals surface area contributed by atoms with E-state index < -0.39 is 0 Å². The average molecular weight is 627 g/mol. The van der Waals surface area contributed by atoms with E-state index in [4.69, 9.17) is 4.74 Å². The molecule has 0 radical (unpaired) electrons. The molecule has 2 aliphatic heterocycles. The zero-order valence-electron chi connectivity index (χ0n) is 27.6. The van der Waals surface area contributed by atoms with Crippen molar-refractivity contribution < 1.29 is 4.74 Å². The standard InChI is InChI=1S/C45H31BN2O/c1-26-20-27(2)43(28(3)21-26)29-22-40-44-42(23-29)49-41-19-10-8-16-35(41)46(44)36-17-11-15-32-34-24-33-31-14-7-9-18-37(31)47(30-12-5-4-6-13-30)38(33)25-39(34)48(40)45(32)36/h4-25H,1-3H3. The minimum Gasteiger partial charge on any atom is -0.458 e. The van der Waals surface area contributed by atoms with Crippen molar-refractivity contribution in [2.45, 2.75) is 20.8 Å². The van der Waals surface area contributed by atoms with Crippen LogP contribution in [0.25, 0.3) is 66.1 Å². The summed E-state index contributed by atoms with van der Waals surface area (Å²) in [6.07, 6.45) is 0. The molecule has 0 atom stereocenters. The summed E-state index contributed by atoms with van der Waals surface area (Å²) >= 11 is 0. The van der Waals surface area contributed by atoms with Crippen LogP contribution in [0.2, 0.25) is 0 Å². The van der Waals surface area contributed by atoms with E-state index in [0.29, 0.717) is 0 Å². The lowest BCUT2D eigenvalue weighted by atomic mass is 9.34. The third kappa shape index (κ3) is 3.53. The lowest BCUT2D eigenvalue weighted by Gasteiger charge is -2.34. The molecule has 0 N–H and O–H groups in total. The first-order valence-electron chi connectivity index (χ1n) is 17.1. The molecule has 0 amide bonds. The number of rotatable bonds is 2. The Morgan fingerprint density at radius 2 is 1.20 bits per heavy atom. The van der Waals surface area contributed by atoms with Crippen LogP contribution in [0.5, 0.6) is 11.5 Å². The molecule has 9 aromatic rings. The van der Waals surface area contributed by atoms with Gasteiger partial charge >= 0.3 is 0 Å². The van der Waals surface area contributed by atoms with Gasteiger partial charge in [0.05, 0.1) is 16.6 Å². The van der Waals surface area contributed by atoms with Crippen LogP contribution < -0.4 is 21.1 Å². The Balaban J connectivity index is 1.32. The van der Waals surface area contributed by atoms with Crippen molar-refractivity contribution in [2.75, 3.05) is 0 Å². The highest BCUT2D eigenvalue weighted by atomic mass is 16.5. The molecule has 0 unspecified atom stereocenters. The number of nitrogens with zero attached hydrogens (tertiary/aromatic N) is 2. The van der Waals surface area contributed by atoms with Gasteiger partial charge in [-0.1, -0.05) is 90.5 Å². The predicted octanol–water partition coefficient (Wildman–Crippen LogP) is 9.41. The van der Waals surface area contributed by atoms with Crippen molar-refractivity contribution in [3.05, 3.63) is 150 Å². The Bertz CT molecular complexity index is 2870. The van der Waals surface area contributed by atoms with Crippen molar-refractivity contribution in [2.24, 2.45) is 0 Å². The fourth-order valence-electron chi connectivity index (χ4n) is 9.25. The summed E-state index contributed by atoms with van der Waals surface area (Å²) in [5, 5.41) is 5.10. The number of ether oxygens (including phenoxy) is 1. The zero-order chi connectivity index (χ0) is 32.5. The highest BCUT2D eigenvalue weighted by molar-refractivity contribution is 6.99. The van der Waals surface area contributed by atoms with Crippen molar-refractivity contribution >= 4 is 66.7 Å². The fraction of sp³-hybridized carbons (Fsp3) is 0.0667. The van der Waals surface area contributed by atoms with E-state index in [1.807, 2.05) is 0 Å². The van der Waals surface area contributed by atoms with E-state index in [9.17, 15) is 0 Å². The molecule has 4 heterocycles. The van der Waals surface area contributed by atoms with Gasteiger partial charge in [-0.3, -0.25) is 0 Å². The molecule has 2 aromatic heterocycles. The van der Waals surface area contributed by atoms with Crippen molar-refractivity contribution in [3.63, 3.8) is 0 Å². The van der Waals surface area contributed by atoms with Gasteiger partial charge < -0.3 is 13.9 Å². The molecule has 230 valence electrons. The van der Waals surface area contributed by atoms with Crippen LogP contribution in [0.1, 0.15) is 16.7 Å². The Morgan fingerprint density at radius 3 is 2.06 bits per heavy atom. The maximum absolute atomic E-state index is 6.86. The lowest BCUT2D eigenvalue weighted by molar-refractivity contribution is 0.487. The van der Waals surface area contributed by atoms with Gasteiger partial charge in [0.25, 0.3) is 6.71 Å². The van der Waals surface area contributed by atoms with E-state index in [-0.39, 0.29) is 6.71 Å². The van der Waals surface area contributed by atoms with Crippen molar-refractivity contribution in [1.82, 2.24) is 9.13 Å². The molecule has 0 aliphatic carbocycles. The quantitative estimate of drug-likeness (QED) is 0.175. The first kappa shape index (κ1) is 27.0. The number of fused-ring (bicyclic) bond motifs is 10. The summed E-state index contributed by atoms with van der Waals surface area (Å²) in [4.78, 5) is 0. The van der Waals surface area contributed by atoms with E-state index in [2.05, 4.69) is 163 Å². The summed E-state index contributed by atoms with van der Waals surface area (Å²) in [5.41, 5.74) is 17.4. The van der Waals surface area contributed by atoms with Crippen LogP contribution >= 0.6 is 0 Å². The highest BCUT2D eigenvalue weighted by Crippen LogP contribution is 2.43. The topological polar surface area (TPSA) is 19.1 Å². The van der Waals surface area contributed by atoms with Crippen LogP contribution in [0.4, 0.5) is 0 Å². The van der Waals surface area contributed by atoms with Gasteiger partial charge in [-0.05, 0) is 108 Å². The lowest BCUT2D eigenvalue weighted by Crippen LogP contribution is -2.58. The van der Waals surface area contributed by atoms with Crippen molar-refractivity contribution in [1.29, 1.82) is 0 Å². The maximum atomic E-state index is 6.86. The number of hydrogen-bond acceptors (Lipinski definition) is 1. The second-order valence-electron chi connectivity index (χ2n) is 13.9. The molecule has 49 heavy (non-hydrogen) atoms. The van der Waals surface area contributed by atoms with E-state index >= 15 is 0 Å². The molecule has 2 aliphatic rings. The zero-order valence-corrected chi connectivity index (χ0v) is 27.6. The van der Waals surface area contributed by atoms with Crippen LogP contribution in [0, 0.1) is 20.8 Å². The van der Waals surface area contributed by atoms with Gasteiger partial charge in [-0.25, -0.2) is 0 Å². The number of aromatic nitrogens is 2. The second-order valence-corrected chi connectivity index (χ2v) is 13.9. The maximum Gasteiger partial charge on any atom is 0.256 e. The summed E-state index contributed by atoms with van der Waals surface area (Å²) in [7, 11) is 0. The monoisotopic (exact) mass is 626 g/mol. The minimum absolute atomic E-state index is 0.0816. The molecule has 0 bridgehead atoms. The number of aryl methyl sites for hydroxylation is 3. The highest BCUT2D eigenvalue weighted by Gasteiger charge is 2.40. The summed E-state index contributed by atoms with van der Waals surface area (Å²) in [6, 6.07) is 49.2. The normalized spacial score (nSPS) is 12.9. The first-order chi connectivity index (χ1) is 24.0. The average Bonchev–Trinajstić information content (AvgIpc) is 3.61. The Kier molecular flexibility index (Phi) is 5.26. The molecule has 4 heteroatoms. The van der Waals surface area contributed by atoms with E-state index in [1.165, 1.54) is 99.2 Å². The second kappa shape index (κ2) is 9.55. The van der Waals surface area contributed by atoms with Crippen LogP contribution in [-0.4, -0.2) is 15.8 Å². The van der Waals surface area contributed by atoms with Gasteiger partial charge in [0.15, 0.2) is 0 Å². The molecular weight excluding hydrogens is 595 g/mol. The summed E-state index contributed by atoms with van der Waals surface area (Å²) < 4.78 is 11.8. The molecule has 0 saturated carbocycles. The van der Waals surface area contributed by atoms with E-state index in [1.54, 1.807) is 0 Å². The third-order valence-corrected chi connectivity index (χ3v) is 11.0. The smallest absolute Gasteiger partial charge is 0.256 e. The van der Waals surface area contributed by atoms with Gasteiger partial charge in [0, 0.05) is 38.4 Å². The largest absolute Gasteiger partial charge is 0.458 e. The molecule has 0 fully saturated rings. The molecule has 11 rings (SSSR count). The van der Waals surface area contributed by atoms with Crippen LogP contribution in [-0.2, 0) is 0 Å². The number of benzene rings is 7. The van der Waals surface area contributed by atoms with Gasteiger partial charge in [0.2, 0.25) is 0 Å². The first-order valence-corrected chi connectivity index (χ1v) is 17.1. The van der Waals surface area contributed by atoms with Gasteiger partial charge in [-0.15, -0.1) is 0 Å². The fourth-order valence-corrected chi connectivity index (χ4v) is 9.25. The number of hydrogen-bond donors (Lipinski definition) is 0. The van der Waals surface area contributed by atoms with E-state index in [0.717, 1.165) is 11.5 Å². The van der Waals surface area contributed by atoms with Crippen molar-refractivity contribution in [3.8, 4) is 34.0 Å². The third-order valence-electron chi connectivity index (χ3n) is 11.0. The predicted molar refractivity (Wildman–Crippen MR) is 206 cm³/mol. The Morgan fingerprint density at radius 1 is 0.510 bits per heavy atom. The Hall–Kier alpha value is -6.00. The molecule has 0 spiro atoms. The summed E-state index contributed by atoms with van der Waals surface area (Å²) in [6.45, 7) is 6.73. The SMILES string of the molecule is Cc1cc(C)c(-c2cc3c4c(c2)-n2c5cc6c(cc5c5cccc(c52)B4c2ccccc2O3)c2ccccc2n6-c2ccccc2)c(C)c1. The van der Waals surface area contributed by atoms with Crippen LogP contribution in [0.3, 0.4) is 0 Å². The van der Waals surface area contributed by atoms with Gasteiger partial charge in [0.1, 0.15) is 11.5 Å². The number of para-hydroxylation sites is 4. The molecule has 7 aromatic carbocycles. The summed E-state index contributed by atoms with van der Waals surface area (Å²) in [5.74, 6) is 1.88.